The van der Waals surface area contributed by atoms with E-state index >= 15 is 0 Å². The van der Waals surface area contributed by atoms with Gasteiger partial charge in [0.15, 0.2) is 11.5 Å². The summed E-state index contributed by atoms with van der Waals surface area (Å²) < 4.78 is 1.56. The quantitative estimate of drug-likeness (QED) is 0.756. The number of nitrogens with zero attached hydrogens (tertiary/aromatic N) is 3. The summed E-state index contributed by atoms with van der Waals surface area (Å²) in [4.78, 5) is 12.6. The third-order valence-electron chi connectivity index (χ3n) is 4.67. The van der Waals surface area contributed by atoms with Crippen LogP contribution in [0.4, 0.5) is 11.5 Å². The molecule has 0 spiro atoms. The minimum Gasteiger partial charge on any atom is -0.382 e. The van der Waals surface area contributed by atoms with Crippen LogP contribution in [0.3, 0.4) is 0 Å². The minimum atomic E-state index is -0.358. The van der Waals surface area contributed by atoms with Crippen LogP contribution in [0.1, 0.15) is 38.3 Å². The summed E-state index contributed by atoms with van der Waals surface area (Å²) >= 11 is 0. The van der Waals surface area contributed by atoms with Crippen LogP contribution in [-0.2, 0) is 6.54 Å². The highest BCUT2D eigenvalue weighted by Crippen LogP contribution is 2.20. The van der Waals surface area contributed by atoms with Gasteiger partial charge in [0.1, 0.15) is 0 Å². The molecule has 0 saturated heterocycles. The molecular weight excluding hydrogens is 326 g/mol. The number of carbonyl (C=O) groups excluding carboxylic acids is 1. The maximum Gasteiger partial charge on any atom is 0.280 e. The molecule has 1 aromatic heterocycles. The molecular formula is C20H23N5O. The van der Waals surface area contributed by atoms with Crippen molar-refractivity contribution < 1.29 is 4.79 Å². The van der Waals surface area contributed by atoms with Gasteiger partial charge >= 0.3 is 0 Å². The number of nitrogen functional groups attached to an aromatic ring is 1. The minimum absolute atomic E-state index is 0.135. The molecule has 3 aromatic rings. The second-order valence-electron chi connectivity index (χ2n) is 6.61. The lowest BCUT2D eigenvalue weighted by Gasteiger charge is -2.10. The molecule has 0 aliphatic carbocycles. The highest BCUT2D eigenvalue weighted by molar-refractivity contribution is 6.06. The SMILES string of the molecule is Cc1ccc(C)c(Cn2nnc(C(=O)Nc3cccc(C)c3C)c2N)c1. The van der Waals surface area contributed by atoms with Gasteiger partial charge in [-0.15, -0.1) is 5.10 Å². The Balaban J connectivity index is 1.83. The van der Waals surface area contributed by atoms with E-state index < -0.39 is 0 Å². The van der Waals surface area contributed by atoms with Crippen LogP contribution in [0, 0.1) is 27.7 Å². The van der Waals surface area contributed by atoms with Crippen molar-refractivity contribution in [2.45, 2.75) is 34.2 Å². The Morgan fingerprint density at radius 1 is 1.12 bits per heavy atom. The summed E-state index contributed by atoms with van der Waals surface area (Å²) in [5.74, 6) is -0.0999. The van der Waals surface area contributed by atoms with Crippen LogP contribution >= 0.6 is 0 Å². The van der Waals surface area contributed by atoms with Gasteiger partial charge in [-0.05, 0) is 56.0 Å². The highest BCUT2D eigenvalue weighted by atomic mass is 16.2. The largest absolute Gasteiger partial charge is 0.382 e. The molecule has 6 heteroatoms. The molecule has 134 valence electrons. The van der Waals surface area contributed by atoms with E-state index in [1.807, 2.05) is 45.9 Å². The summed E-state index contributed by atoms with van der Waals surface area (Å²) in [6, 6.07) is 12.0. The zero-order valence-electron chi connectivity index (χ0n) is 15.5. The molecule has 0 aliphatic heterocycles. The predicted molar refractivity (Wildman–Crippen MR) is 103 cm³/mol. The van der Waals surface area contributed by atoms with Crippen LogP contribution < -0.4 is 11.1 Å². The third kappa shape index (κ3) is 3.44. The first-order valence-electron chi connectivity index (χ1n) is 8.49. The van der Waals surface area contributed by atoms with E-state index in [0.717, 1.165) is 33.5 Å². The fourth-order valence-electron chi connectivity index (χ4n) is 2.80. The number of hydrogen-bond donors (Lipinski definition) is 2. The number of nitrogens with two attached hydrogens (primary N) is 1. The van der Waals surface area contributed by atoms with Gasteiger partial charge in [0, 0.05) is 5.69 Å². The maximum absolute atomic E-state index is 12.6. The van der Waals surface area contributed by atoms with Gasteiger partial charge < -0.3 is 11.1 Å². The lowest BCUT2D eigenvalue weighted by molar-refractivity contribution is 0.102. The van der Waals surface area contributed by atoms with Gasteiger partial charge in [-0.2, -0.15) is 0 Å². The van der Waals surface area contributed by atoms with E-state index in [9.17, 15) is 4.79 Å². The van der Waals surface area contributed by atoms with Crippen molar-refractivity contribution >= 4 is 17.4 Å². The average Bonchev–Trinajstić information content (AvgIpc) is 2.96. The summed E-state index contributed by atoms with van der Waals surface area (Å²) in [7, 11) is 0. The van der Waals surface area contributed by atoms with Gasteiger partial charge in [0.25, 0.3) is 5.91 Å². The lowest BCUT2D eigenvalue weighted by atomic mass is 10.1. The van der Waals surface area contributed by atoms with E-state index in [-0.39, 0.29) is 17.4 Å². The Hall–Kier alpha value is -3.15. The molecule has 1 heterocycles. The number of nitrogens with one attached hydrogen (secondary N) is 1. The van der Waals surface area contributed by atoms with Gasteiger partial charge in [-0.3, -0.25) is 4.79 Å². The standard InChI is InChI=1S/C20H23N5O/c1-12-8-9-14(3)16(10-12)11-25-19(21)18(23-24-25)20(26)22-17-7-5-6-13(2)15(17)4/h5-10H,11,21H2,1-4H3,(H,22,26). The van der Waals surface area contributed by atoms with Crippen molar-refractivity contribution in [2.75, 3.05) is 11.1 Å². The van der Waals surface area contributed by atoms with Crippen molar-refractivity contribution in [3.63, 3.8) is 0 Å². The van der Waals surface area contributed by atoms with Crippen LogP contribution in [-0.4, -0.2) is 20.9 Å². The number of benzene rings is 2. The van der Waals surface area contributed by atoms with Crippen molar-refractivity contribution in [1.29, 1.82) is 0 Å². The number of anilines is 2. The second kappa shape index (κ2) is 7.00. The van der Waals surface area contributed by atoms with Crippen LogP contribution in [0.2, 0.25) is 0 Å². The molecule has 3 rings (SSSR count). The summed E-state index contributed by atoms with van der Waals surface area (Å²) in [5.41, 5.74) is 12.6. The number of amides is 1. The molecule has 0 atom stereocenters. The molecule has 26 heavy (non-hydrogen) atoms. The molecule has 0 aliphatic rings. The fraction of sp³-hybridized carbons (Fsp3) is 0.250. The Labute approximate surface area is 153 Å². The average molecular weight is 349 g/mol. The third-order valence-corrected chi connectivity index (χ3v) is 4.67. The van der Waals surface area contributed by atoms with Gasteiger partial charge in [-0.25, -0.2) is 4.68 Å². The number of aryl methyl sites for hydroxylation is 3. The number of aromatic nitrogens is 3. The molecule has 0 unspecified atom stereocenters. The maximum atomic E-state index is 12.6. The molecule has 0 saturated carbocycles. The zero-order chi connectivity index (χ0) is 18.8. The number of rotatable bonds is 4. The summed E-state index contributed by atoms with van der Waals surface area (Å²) in [5, 5.41) is 10.9. The molecule has 0 radical (unpaired) electrons. The first kappa shape index (κ1) is 17.7. The molecule has 3 N–H and O–H groups in total. The number of hydrogen-bond acceptors (Lipinski definition) is 4. The molecule has 1 amide bonds. The van der Waals surface area contributed by atoms with Gasteiger partial charge in [0.05, 0.1) is 6.54 Å². The molecule has 0 fully saturated rings. The van der Waals surface area contributed by atoms with Crippen LogP contribution in [0.15, 0.2) is 36.4 Å². The smallest absolute Gasteiger partial charge is 0.280 e. The Morgan fingerprint density at radius 2 is 1.88 bits per heavy atom. The molecule has 0 bridgehead atoms. The second-order valence-corrected chi connectivity index (χ2v) is 6.61. The van der Waals surface area contributed by atoms with Crippen molar-refractivity contribution in [3.8, 4) is 0 Å². The monoisotopic (exact) mass is 349 g/mol. The highest BCUT2D eigenvalue weighted by Gasteiger charge is 2.19. The van der Waals surface area contributed by atoms with E-state index in [1.54, 1.807) is 4.68 Å². The van der Waals surface area contributed by atoms with Crippen molar-refractivity contribution in [1.82, 2.24) is 15.0 Å². The molecule has 2 aromatic carbocycles. The van der Waals surface area contributed by atoms with Gasteiger partial charge in [-0.1, -0.05) is 41.1 Å². The summed E-state index contributed by atoms with van der Waals surface area (Å²) in [6.07, 6.45) is 0. The van der Waals surface area contributed by atoms with Crippen molar-refractivity contribution in [2.24, 2.45) is 0 Å². The van der Waals surface area contributed by atoms with Gasteiger partial charge in [0.2, 0.25) is 0 Å². The first-order valence-corrected chi connectivity index (χ1v) is 8.49. The van der Waals surface area contributed by atoms with E-state index in [0.29, 0.717) is 6.54 Å². The van der Waals surface area contributed by atoms with E-state index in [4.69, 9.17) is 5.73 Å². The van der Waals surface area contributed by atoms with Crippen LogP contribution in [0.5, 0.6) is 0 Å². The van der Waals surface area contributed by atoms with Crippen LogP contribution in [0.25, 0.3) is 0 Å². The Bertz CT molecular complexity index is 974. The summed E-state index contributed by atoms with van der Waals surface area (Å²) in [6.45, 7) is 8.52. The normalized spacial score (nSPS) is 10.8. The number of carbonyl (C=O) groups is 1. The molecule has 6 nitrogen and oxygen atoms in total. The van der Waals surface area contributed by atoms with E-state index in [2.05, 4.69) is 33.8 Å². The first-order chi connectivity index (χ1) is 12.4. The zero-order valence-corrected chi connectivity index (χ0v) is 15.5. The Kier molecular flexibility index (Phi) is 4.75. The fourth-order valence-corrected chi connectivity index (χ4v) is 2.80. The Morgan fingerprint density at radius 3 is 2.65 bits per heavy atom. The predicted octanol–water partition coefficient (Wildman–Crippen LogP) is 3.39. The van der Waals surface area contributed by atoms with Crippen molar-refractivity contribution in [3.05, 3.63) is 69.9 Å². The van der Waals surface area contributed by atoms with E-state index in [1.165, 1.54) is 0 Å². The topological polar surface area (TPSA) is 85.8 Å². The lowest BCUT2D eigenvalue weighted by Crippen LogP contribution is -2.16.